The van der Waals surface area contributed by atoms with Crippen LogP contribution in [-0.4, -0.2) is 9.38 Å². The summed E-state index contributed by atoms with van der Waals surface area (Å²) in [6, 6.07) is 12.1. The van der Waals surface area contributed by atoms with E-state index < -0.39 is 0 Å². The molecule has 1 aromatic carbocycles. The maximum absolute atomic E-state index is 5.89. The zero-order valence-corrected chi connectivity index (χ0v) is 9.59. The third-order valence-electron chi connectivity index (χ3n) is 2.86. The average Bonchev–Trinajstić information content (AvgIpc) is 2.75. The first kappa shape index (κ1) is 9.90. The number of benzene rings is 1. The first-order chi connectivity index (χ1) is 8.24. The predicted octanol–water partition coefficient (Wildman–Crippen LogP) is 2.89. The van der Waals surface area contributed by atoms with Crippen LogP contribution in [0, 0.1) is 6.92 Å². The Bertz CT molecular complexity index is 666. The minimum Gasteiger partial charge on any atom is -0.396 e. The molecule has 0 aliphatic heterocycles. The van der Waals surface area contributed by atoms with Crippen LogP contribution in [0.25, 0.3) is 16.9 Å². The van der Waals surface area contributed by atoms with E-state index in [2.05, 4.69) is 36.2 Å². The van der Waals surface area contributed by atoms with Crippen LogP contribution in [0.5, 0.6) is 0 Å². The number of hydrogen-bond acceptors (Lipinski definition) is 2. The van der Waals surface area contributed by atoms with Crippen molar-refractivity contribution in [3.63, 3.8) is 0 Å². The van der Waals surface area contributed by atoms with Crippen LogP contribution in [0.15, 0.2) is 48.8 Å². The zero-order chi connectivity index (χ0) is 11.8. The topological polar surface area (TPSA) is 43.3 Å². The molecule has 3 rings (SSSR count). The smallest absolute Gasteiger partial charge is 0.160 e. The first-order valence-electron chi connectivity index (χ1n) is 5.54. The van der Waals surface area contributed by atoms with E-state index in [1.165, 1.54) is 5.56 Å². The molecule has 2 aromatic heterocycles. The van der Waals surface area contributed by atoms with E-state index in [0.717, 1.165) is 16.9 Å². The fraction of sp³-hybridized carbons (Fsp3) is 0.0714. The third-order valence-corrected chi connectivity index (χ3v) is 2.86. The van der Waals surface area contributed by atoms with E-state index >= 15 is 0 Å². The number of hydrogen-bond donors (Lipinski definition) is 1. The number of imidazole rings is 1. The second kappa shape index (κ2) is 3.63. The second-order valence-electron chi connectivity index (χ2n) is 4.19. The minimum atomic E-state index is 0.700. The number of aryl methyl sites for hydroxylation is 1. The van der Waals surface area contributed by atoms with Crippen LogP contribution in [0.4, 0.5) is 5.69 Å². The Morgan fingerprint density at radius 2 is 1.88 bits per heavy atom. The number of anilines is 1. The van der Waals surface area contributed by atoms with Gasteiger partial charge in [-0.1, -0.05) is 29.8 Å². The van der Waals surface area contributed by atoms with Crippen molar-refractivity contribution in [3.05, 3.63) is 54.4 Å². The van der Waals surface area contributed by atoms with Gasteiger partial charge in [0.15, 0.2) is 5.65 Å². The van der Waals surface area contributed by atoms with Crippen LogP contribution in [0.3, 0.4) is 0 Å². The van der Waals surface area contributed by atoms with Gasteiger partial charge in [0.1, 0.15) is 0 Å². The maximum atomic E-state index is 5.89. The van der Waals surface area contributed by atoms with Gasteiger partial charge in [-0.15, -0.1) is 0 Å². The highest BCUT2D eigenvalue weighted by atomic mass is 15.0. The molecular weight excluding hydrogens is 210 g/mol. The highest BCUT2D eigenvalue weighted by Gasteiger charge is 2.05. The van der Waals surface area contributed by atoms with E-state index in [1.54, 1.807) is 0 Å². The van der Waals surface area contributed by atoms with Crippen molar-refractivity contribution in [1.82, 2.24) is 9.38 Å². The van der Waals surface area contributed by atoms with Crippen LogP contribution < -0.4 is 5.73 Å². The van der Waals surface area contributed by atoms with Gasteiger partial charge >= 0.3 is 0 Å². The zero-order valence-electron chi connectivity index (χ0n) is 9.59. The Kier molecular flexibility index (Phi) is 2.11. The van der Waals surface area contributed by atoms with Crippen molar-refractivity contribution >= 4 is 11.3 Å². The Morgan fingerprint density at radius 1 is 1.12 bits per heavy atom. The molecule has 0 spiro atoms. The standard InChI is InChI=1S/C14H13N3/c1-10-4-6-11(7-5-10)13-9-17-8-2-3-12(15)14(17)16-13/h2-9H,15H2,1H3. The summed E-state index contributed by atoms with van der Waals surface area (Å²) in [6.07, 6.45) is 3.95. The monoisotopic (exact) mass is 223 g/mol. The second-order valence-corrected chi connectivity index (χ2v) is 4.19. The average molecular weight is 223 g/mol. The van der Waals surface area contributed by atoms with Crippen molar-refractivity contribution in [3.8, 4) is 11.3 Å². The summed E-state index contributed by atoms with van der Waals surface area (Å²) in [5, 5.41) is 0. The molecule has 84 valence electrons. The number of pyridine rings is 1. The van der Waals surface area contributed by atoms with Crippen LogP contribution in [-0.2, 0) is 0 Å². The summed E-state index contributed by atoms with van der Waals surface area (Å²) < 4.78 is 1.95. The predicted molar refractivity (Wildman–Crippen MR) is 69.8 cm³/mol. The Labute approximate surface area is 99.5 Å². The van der Waals surface area contributed by atoms with Crippen LogP contribution in [0.1, 0.15) is 5.56 Å². The molecule has 0 unspecified atom stereocenters. The fourth-order valence-corrected chi connectivity index (χ4v) is 1.90. The van der Waals surface area contributed by atoms with Gasteiger partial charge < -0.3 is 10.1 Å². The SMILES string of the molecule is Cc1ccc(-c2cn3cccc(N)c3n2)cc1. The number of aromatic nitrogens is 2. The van der Waals surface area contributed by atoms with E-state index in [-0.39, 0.29) is 0 Å². The maximum Gasteiger partial charge on any atom is 0.160 e. The summed E-state index contributed by atoms with van der Waals surface area (Å²) in [4.78, 5) is 4.55. The minimum absolute atomic E-state index is 0.700. The molecule has 0 bridgehead atoms. The molecule has 3 nitrogen and oxygen atoms in total. The molecule has 0 saturated carbocycles. The summed E-state index contributed by atoms with van der Waals surface area (Å²) in [5.41, 5.74) is 10.7. The summed E-state index contributed by atoms with van der Waals surface area (Å²) in [5.74, 6) is 0. The third kappa shape index (κ3) is 1.65. The molecule has 2 heterocycles. The molecule has 2 N–H and O–H groups in total. The van der Waals surface area contributed by atoms with Crippen molar-refractivity contribution in [2.45, 2.75) is 6.92 Å². The lowest BCUT2D eigenvalue weighted by molar-refractivity contribution is 1.19. The molecular formula is C14H13N3. The van der Waals surface area contributed by atoms with Crippen molar-refractivity contribution in [1.29, 1.82) is 0 Å². The van der Waals surface area contributed by atoms with Crippen LogP contribution >= 0.6 is 0 Å². The van der Waals surface area contributed by atoms with Gasteiger partial charge in [0, 0.05) is 18.0 Å². The number of fused-ring (bicyclic) bond motifs is 1. The van der Waals surface area contributed by atoms with Gasteiger partial charge in [-0.25, -0.2) is 4.98 Å². The molecule has 0 radical (unpaired) electrons. The lowest BCUT2D eigenvalue weighted by atomic mass is 10.1. The van der Waals surface area contributed by atoms with Crippen LogP contribution in [0.2, 0.25) is 0 Å². The number of rotatable bonds is 1. The Balaban J connectivity index is 2.18. The molecule has 17 heavy (non-hydrogen) atoms. The lowest BCUT2D eigenvalue weighted by Gasteiger charge is -1.96. The summed E-state index contributed by atoms with van der Waals surface area (Å²) in [6.45, 7) is 2.07. The Morgan fingerprint density at radius 3 is 2.59 bits per heavy atom. The first-order valence-corrected chi connectivity index (χ1v) is 5.54. The molecule has 0 aliphatic carbocycles. The van der Waals surface area contributed by atoms with Gasteiger partial charge in [-0.3, -0.25) is 0 Å². The highest BCUT2D eigenvalue weighted by Crippen LogP contribution is 2.21. The van der Waals surface area contributed by atoms with Gasteiger partial charge in [0.05, 0.1) is 11.4 Å². The largest absolute Gasteiger partial charge is 0.396 e. The number of nitrogen functional groups attached to an aromatic ring is 1. The molecule has 3 aromatic rings. The summed E-state index contributed by atoms with van der Waals surface area (Å²) in [7, 11) is 0. The van der Waals surface area contributed by atoms with Gasteiger partial charge in [-0.05, 0) is 19.1 Å². The molecule has 0 atom stereocenters. The molecule has 0 aliphatic rings. The van der Waals surface area contributed by atoms with Crippen molar-refractivity contribution in [2.75, 3.05) is 5.73 Å². The van der Waals surface area contributed by atoms with Gasteiger partial charge in [-0.2, -0.15) is 0 Å². The lowest BCUT2D eigenvalue weighted by Crippen LogP contribution is -1.90. The molecule has 3 heteroatoms. The molecule has 0 amide bonds. The Hall–Kier alpha value is -2.29. The number of nitrogens with zero attached hydrogens (tertiary/aromatic N) is 2. The van der Waals surface area contributed by atoms with E-state index in [1.807, 2.05) is 28.9 Å². The van der Waals surface area contributed by atoms with E-state index in [9.17, 15) is 0 Å². The summed E-state index contributed by atoms with van der Waals surface area (Å²) >= 11 is 0. The normalized spacial score (nSPS) is 10.9. The molecule has 0 fully saturated rings. The quantitative estimate of drug-likeness (QED) is 0.689. The number of nitrogens with two attached hydrogens (primary N) is 1. The van der Waals surface area contributed by atoms with Crippen molar-refractivity contribution < 1.29 is 0 Å². The van der Waals surface area contributed by atoms with Gasteiger partial charge in [0.2, 0.25) is 0 Å². The van der Waals surface area contributed by atoms with Crippen molar-refractivity contribution in [2.24, 2.45) is 0 Å². The highest BCUT2D eigenvalue weighted by molar-refractivity contribution is 5.70. The van der Waals surface area contributed by atoms with E-state index in [0.29, 0.717) is 5.69 Å². The van der Waals surface area contributed by atoms with E-state index in [4.69, 9.17) is 5.73 Å². The van der Waals surface area contributed by atoms with Gasteiger partial charge in [0.25, 0.3) is 0 Å². The molecule has 0 saturated heterocycles. The fourth-order valence-electron chi connectivity index (χ4n) is 1.90.